The molecular weight excluding hydrogens is 398 g/mol. The van der Waals surface area contributed by atoms with Crippen molar-refractivity contribution in [2.24, 2.45) is 5.73 Å². The van der Waals surface area contributed by atoms with Gasteiger partial charge in [0.25, 0.3) is 0 Å². The minimum atomic E-state index is -0.222. The molecule has 4 heteroatoms. The van der Waals surface area contributed by atoms with Gasteiger partial charge in [0.1, 0.15) is 0 Å². The van der Waals surface area contributed by atoms with Crippen molar-refractivity contribution in [1.82, 2.24) is 0 Å². The smallest absolute Gasteiger partial charge is 0.217 e. The van der Waals surface area contributed by atoms with Crippen LogP contribution in [0.1, 0.15) is 76.2 Å². The number of hydrogen-bond donors (Lipinski definition) is 2. The second-order valence-corrected chi connectivity index (χ2v) is 7.91. The van der Waals surface area contributed by atoms with Gasteiger partial charge in [0.05, 0.1) is 7.11 Å². The lowest BCUT2D eigenvalue weighted by Crippen LogP contribution is -2.09. The van der Waals surface area contributed by atoms with E-state index in [1.807, 2.05) is 12.1 Å². The first-order valence-electron chi connectivity index (χ1n) is 11.9. The Morgan fingerprint density at radius 2 is 1.41 bits per heavy atom. The second kappa shape index (κ2) is 19.0. The molecule has 1 rings (SSSR count). The monoisotopic (exact) mass is 439 g/mol. The first-order valence-corrected chi connectivity index (χ1v) is 11.9. The molecule has 0 aliphatic heterocycles. The van der Waals surface area contributed by atoms with Crippen molar-refractivity contribution in [2.45, 2.75) is 77.0 Å². The number of primary amides is 1. The van der Waals surface area contributed by atoms with Crippen LogP contribution in [0.4, 0.5) is 0 Å². The lowest BCUT2D eigenvalue weighted by molar-refractivity contribution is -0.118. The van der Waals surface area contributed by atoms with Crippen LogP contribution in [-0.2, 0) is 11.2 Å². The molecule has 0 bridgehead atoms. The summed E-state index contributed by atoms with van der Waals surface area (Å²) in [6.45, 7) is 0. The number of aromatic hydroxyl groups is 1. The molecule has 1 aromatic carbocycles. The largest absolute Gasteiger partial charge is 0.504 e. The van der Waals surface area contributed by atoms with E-state index in [1.165, 1.54) is 31.2 Å². The molecule has 1 aromatic rings. The maximum Gasteiger partial charge on any atom is 0.217 e. The van der Waals surface area contributed by atoms with Crippen LogP contribution in [0.2, 0.25) is 0 Å². The molecule has 0 radical (unpaired) electrons. The van der Waals surface area contributed by atoms with Crippen molar-refractivity contribution < 1.29 is 14.6 Å². The lowest BCUT2D eigenvalue weighted by atomic mass is 10.0. The minimum Gasteiger partial charge on any atom is -0.504 e. The van der Waals surface area contributed by atoms with Gasteiger partial charge in [-0.1, -0.05) is 67.5 Å². The zero-order valence-electron chi connectivity index (χ0n) is 19.7. The third kappa shape index (κ3) is 15.1. The Bertz CT molecular complexity index is 747. The van der Waals surface area contributed by atoms with Crippen LogP contribution >= 0.6 is 0 Å². The lowest BCUT2D eigenvalue weighted by Gasteiger charge is -2.06. The van der Waals surface area contributed by atoms with Gasteiger partial charge in [-0.05, 0) is 75.5 Å². The number of benzene rings is 1. The Kier molecular flexibility index (Phi) is 16.2. The van der Waals surface area contributed by atoms with Gasteiger partial charge in [0, 0.05) is 6.42 Å². The Morgan fingerprint density at radius 3 is 2.00 bits per heavy atom. The average molecular weight is 440 g/mol. The van der Waals surface area contributed by atoms with Crippen LogP contribution in [0.3, 0.4) is 0 Å². The summed E-state index contributed by atoms with van der Waals surface area (Å²) in [4.78, 5) is 10.6. The summed E-state index contributed by atoms with van der Waals surface area (Å²) in [6.07, 6.45) is 29.7. The molecule has 0 saturated carbocycles. The average Bonchev–Trinajstić information content (AvgIpc) is 2.78. The number of allylic oxidation sites excluding steroid dienone is 8. The Hall–Kier alpha value is -2.75. The van der Waals surface area contributed by atoms with E-state index in [4.69, 9.17) is 10.5 Å². The van der Waals surface area contributed by atoms with Crippen LogP contribution in [0.25, 0.3) is 0 Å². The maximum atomic E-state index is 10.6. The van der Waals surface area contributed by atoms with Crippen LogP contribution in [-0.4, -0.2) is 18.1 Å². The molecular formula is C28H41NO3. The number of unbranched alkanes of at least 4 members (excludes halogenated alkanes) is 5. The van der Waals surface area contributed by atoms with Crippen LogP contribution in [0.5, 0.6) is 11.5 Å². The number of phenols is 1. The van der Waals surface area contributed by atoms with Crippen molar-refractivity contribution in [2.75, 3.05) is 7.11 Å². The first-order chi connectivity index (χ1) is 15.6. The molecule has 32 heavy (non-hydrogen) atoms. The number of hydrogen-bond acceptors (Lipinski definition) is 3. The molecule has 3 N–H and O–H groups in total. The van der Waals surface area contributed by atoms with Crippen molar-refractivity contribution in [1.29, 1.82) is 0 Å². The molecule has 176 valence electrons. The van der Waals surface area contributed by atoms with Gasteiger partial charge in [-0.15, -0.1) is 0 Å². The van der Waals surface area contributed by atoms with Gasteiger partial charge >= 0.3 is 0 Å². The summed E-state index contributed by atoms with van der Waals surface area (Å²) in [5.74, 6) is 0.536. The minimum absolute atomic E-state index is 0.202. The summed E-state index contributed by atoms with van der Waals surface area (Å²) >= 11 is 0. The standard InChI is InChI=1S/C28H41NO3/c1-32-27-24-25(22-23-26(27)30)20-18-16-14-12-10-8-6-4-2-3-5-7-9-11-13-15-17-19-21-28(29)31/h2-3,6-9,13,15,22-24,30H,4-5,10-12,14,16-21H2,1H3,(H2,29,31). The Balaban J connectivity index is 1.94. The highest BCUT2D eigenvalue weighted by molar-refractivity contribution is 5.73. The molecule has 4 nitrogen and oxygen atoms in total. The quantitative estimate of drug-likeness (QED) is 0.192. The molecule has 0 heterocycles. The fraction of sp³-hybridized carbons (Fsp3) is 0.464. The van der Waals surface area contributed by atoms with E-state index in [2.05, 4.69) is 48.6 Å². The fourth-order valence-corrected chi connectivity index (χ4v) is 3.27. The number of nitrogens with two attached hydrogens (primary N) is 1. The van der Waals surface area contributed by atoms with Crippen LogP contribution < -0.4 is 10.5 Å². The predicted molar refractivity (Wildman–Crippen MR) is 135 cm³/mol. The molecule has 0 aromatic heterocycles. The molecule has 0 spiro atoms. The number of aryl methyl sites for hydroxylation is 1. The summed E-state index contributed by atoms with van der Waals surface area (Å²) in [6, 6.07) is 5.60. The topological polar surface area (TPSA) is 72.5 Å². The van der Waals surface area contributed by atoms with Gasteiger partial charge in [0.2, 0.25) is 5.91 Å². The second-order valence-electron chi connectivity index (χ2n) is 7.91. The number of methoxy groups -OCH3 is 1. The van der Waals surface area contributed by atoms with Gasteiger partial charge in [0.15, 0.2) is 11.5 Å². The highest BCUT2D eigenvalue weighted by Crippen LogP contribution is 2.27. The van der Waals surface area contributed by atoms with Gasteiger partial charge < -0.3 is 15.6 Å². The highest BCUT2D eigenvalue weighted by atomic mass is 16.5. The number of phenolic OH excluding ortho intramolecular Hbond substituents is 1. The van der Waals surface area contributed by atoms with Crippen LogP contribution in [0, 0.1) is 0 Å². The van der Waals surface area contributed by atoms with E-state index in [1.54, 1.807) is 13.2 Å². The van der Waals surface area contributed by atoms with Crippen molar-refractivity contribution in [3.05, 3.63) is 72.4 Å². The van der Waals surface area contributed by atoms with Crippen molar-refractivity contribution in [3.8, 4) is 11.5 Å². The molecule has 0 aliphatic rings. The molecule has 0 saturated heterocycles. The summed E-state index contributed by atoms with van der Waals surface area (Å²) in [5, 5.41) is 9.63. The number of carbonyl (C=O) groups excluding carboxylic acids is 1. The highest BCUT2D eigenvalue weighted by Gasteiger charge is 2.02. The third-order valence-corrected chi connectivity index (χ3v) is 5.11. The number of amides is 1. The molecule has 0 aliphatic carbocycles. The zero-order valence-corrected chi connectivity index (χ0v) is 19.7. The fourth-order valence-electron chi connectivity index (χ4n) is 3.27. The summed E-state index contributed by atoms with van der Waals surface area (Å²) < 4.78 is 5.16. The number of ether oxygens (including phenoxy) is 1. The van der Waals surface area contributed by atoms with E-state index in [0.29, 0.717) is 12.2 Å². The van der Waals surface area contributed by atoms with E-state index >= 15 is 0 Å². The number of carbonyl (C=O) groups is 1. The third-order valence-electron chi connectivity index (χ3n) is 5.11. The SMILES string of the molecule is COc1cc(CCCCCCC=CCC=CCC=CCC=CCCCC(N)=O)ccc1O. The summed E-state index contributed by atoms with van der Waals surface area (Å²) in [7, 11) is 1.58. The van der Waals surface area contributed by atoms with E-state index in [9.17, 15) is 9.90 Å². The Morgan fingerprint density at radius 1 is 0.844 bits per heavy atom. The summed E-state index contributed by atoms with van der Waals surface area (Å²) in [5.41, 5.74) is 6.32. The van der Waals surface area contributed by atoms with Gasteiger partial charge in [-0.2, -0.15) is 0 Å². The van der Waals surface area contributed by atoms with Gasteiger partial charge in [-0.25, -0.2) is 0 Å². The first kappa shape index (κ1) is 27.3. The maximum absolute atomic E-state index is 10.6. The predicted octanol–water partition coefficient (Wildman–Crippen LogP) is 6.94. The van der Waals surface area contributed by atoms with Crippen molar-refractivity contribution in [3.63, 3.8) is 0 Å². The molecule has 1 amide bonds. The van der Waals surface area contributed by atoms with E-state index in [-0.39, 0.29) is 11.7 Å². The van der Waals surface area contributed by atoms with Crippen LogP contribution in [0.15, 0.2) is 66.8 Å². The van der Waals surface area contributed by atoms with E-state index < -0.39 is 0 Å². The molecule has 0 atom stereocenters. The zero-order chi connectivity index (χ0) is 23.3. The Labute approximate surface area is 194 Å². The molecule has 0 fully saturated rings. The van der Waals surface area contributed by atoms with Gasteiger partial charge in [-0.3, -0.25) is 4.79 Å². The van der Waals surface area contributed by atoms with E-state index in [0.717, 1.165) is 44.9 Å². The number of rotatable bonds is 18. The molecule has 0 unspecified atom stereocenters. The normalized spacial score (nSPS) is 12.0. The van der Waals surface area contributed by atoms with Crippen molar-refractivity contribution >= 4 is 5.91 Å².